The number of carbonyl (C=O) groups is 2. The molecule has 1 aliphatic carbocycles. The molecule has 18 heavy (non-hydrogen) atoms. The molecule has 0 aliphatic heterocycles. The molecule has 5 heteroatoms. The smallest absolute Gasteiger partial charge is 0.315 e. The van der Waals surface area contributed by atoms with Crippen molar-refractivity contribution in [3.8, 4) is 0 Å². The van der Waals surface area contributed by atoms with Gasteiger partial charge in [-0.1, -0.05) is 12.8 Å². The van der Waals surface area contributed by atoms with Crippen molar-refractivity contribution in [3.05, 3.63) is 0 Å². The summed E-state index contributed by atoms with van der Waals surface area (Å²) in [5.74, 6) is -0.153. The highest BCUT2D eigenvalue weighted by atomic mass is 16.4. The van der Waals surface area contributed by atoms with E-state index >= 15 is 0 Å². The fourth-order valence-corrected chi connectivity index (χ4v) is 1.55. The molecule has 0 saturated heterocycles. The summed E-state index contributed by atoms with van der Waals surface area (Å²) < 4.78 is 0. The lowest BCUT2D eigenvalue weighted by atomic mass is 9.74. The molecule has 1 saturated carbocycles. The fourth-order valence-electron chi connectivity index (χ4n) is 1.55. The maximum Gasteiger partial charge on any atom is 0.315 e. The van der Waals surface area contributed by atoms with Crippen molar-refractivity contribution in [1.82, 2.24) is 10.6 Å². The molecular formula is C13H24N2O3. The van der Waals surface area contributed by atoms with Gasteiger partial charge in [0, 0.05) is 6.54 Å². The van der Waals surface area contributed by atoms with E-state index in [0.29, 0.717) is 6.54 Å². The zero-order valence-corrected chi connectivity index (χ0v) is 11.7. The van der Waals surface area contributed by atoms with Crippen molar-refractivity contribution in [2.24, 2.45) is 11.3 Å². The Hall–Kier alpha value is -1.26. The number of carboxylic acid groups (broad SMARTS) is 1. The van der Waals surface area contributed by atoms with E-state index in [-0.39, 0.29) is 6.03 Å². The van der Waals surface area contributed by atoms with Crippen molar-refractivity contribution in [3.63, 3.8) is 0 Å². The summed E-state index contributed by atoms with van der Waals surface area (Å²) in [6.45, 7) is 7.32. The summed E-state index contributed by atoms with van der Waals surface area (Å²) in [5, 5.41) is 14.7. The molecule has 2 amide bonds. The largest absolute Gasteiger partial charge is 0.481 e. The first kappa shape index (κ1) is 14.8. The van der Waals surface area contributed by atoms with Gasteiger partial charge in [0.15, 0.2) is 0 Å². The van der Waals surface area contributed by atoms with E-state index in [4.69, 9.17) is 0 Å². The number of rotatable bonds is 6. The van der Waals surface area contributed by atoms with Gasteiger partial charge >= 0.3 is 12.0 Å². The molecule has 0 bridgehead atoms. The quantitative estimate of drug-likeness (QED) is 0.680. The van der Waals surface area contributed by atoms with Crippen LogP contribution in [0.4, 0.5) is 4.79 Å². The first-order valence-corrected chi connectivity index (χ1v) is 6.46. The first-order chi connectivity index (χ1) is 8.17. The number of urea groups is 1. The van der Waals surface area contributed by atoms with Crippen molar-refractivity contribution in [2.45, 2.75) is 52.5 Å². The monoisotopic (exact) mass is 256 g/mol. The van der Waals surface area contributed by atoms with E-state index in [1.165, 1.54) is 12.8 Å². The van der Waals surface area contributed by atoms with Crippen LogP contribution in [0.2, 0.25) is 0 Å². The van der Waals surface area contributed by atoms with Gasteiger partial charge in [0.05, 0.1) is 11.0 Å². The van der Waals surface area contributed by atoms with Crippen LogP contribution in [-0.2, 0) is 4.79 Å². The third-order valence-corrected chi connectivity index (χ3v) is 4.06. The summed E-state index contributed by atoms with van der Waals surface area (Å²) in [4.78, 5) is 22.9. The molecule has 0 aromatic heterocycles. The van der Waals surface area contributed by atoms with E-state index in [1.54, 1.807) is 27.7 Å². The van der Waals surface area contributed by atoms with Crippen molar-refractivity contribution in [2.75, 3.05) is 6.54 Å². The molecule has 1 rings (SSSR count). The summed E-state index contributed by atoms with van der Waals surface area (Å²) in [5.41, 5.74) is -1.84. The third-order valence-electron chi connectivity index (χ3n) is 4.06. The van der Waals surface area contributed by atoms with Gasteiger partial charge in [0.2, 0.25) is 0 Å². The Kier molecular flexibility index (Phi) is 4.24. The minimum atomic E-state index is -1.03. The van der Waals surface area contributed by atoms with Crippen LogP contribution in [0.3, 0.4) is 0 Å². The molecule has 0 spiro atoms. The zero-order valence-electron chi connectivity index (χ0n) is 11.7. The van der Waals surface area contributed by atoms with Crippen LogP contribution in [-0.4, -0.2) is 29.2 Å². The highest BCUT2D eigenvalue weighted by Crippen LogP contribution is 2.32. The number of aliphatic carboxylic acids is 1. The number of hydrogen-bond acceptors (Lipinski definition) is 2. The predicted octanol–water partition coefficient (Wildman–Crippen LogP) is 1.98. The van der Waals surface area contributed by atoms with E-state index in [1.807, 2.05) is 0 Å². The predicted molar refractivity (Wildman–Crippen MR) is 69.4 cm³/mol. The summed E-state index contributed by atoms with van der Waals surface area (Å²) in [6.07, 6.45) is 3.54. The van der Waals surface area contributed by atoms with Crippen molar-refractivity contribution < 1.29 is 14.7 Å². The molecule has 0 radical (unpaired) electrons. The van der Waals surface area contributed by atoms with E-state index in [2.05, 4.69) is 10.6 Å². The van der Waals surface area contributed by atoms with Crippen LogP contribution in [0.15, 0.2) is 0 Å². The van der Waals surface area contributed by atoms with Crippen molar-refractivity contribution in [1.29, 1.82) is 0 Å². The summed E-state index contributed by atoms with van der Waals surface area (Å²) >= 11 is 0. The van der Waals surface area contributed by atoms with Gasteiger partial charge in [0.1, 0.15) is 0 Å². The van der Waals surface area contributed by atoms with Gasteiger partial charge in [-0.15, -0.1) is 0 Å². The SMILES string of the molecule is CC(C)(NC(=O)NCCC1CC1)C(C)(C)C(=O)O. The Bertz CT molecular complexity index is 333. The Morgan fingerprint density at radius 2 is 1.78 bits per heavy atom. The van der Waals surface area contributed by atoms with E-state index in [0.717, 1.165) is 12.3 Å². The maximum absolute atomic E-state index is 11.7. The van der Waals surface area contributed by atoms with Gasteiger partial charge in [-0.25, -0.2) is 4.79 Å². The average molecular weight is 256 g/mol. The van der Waals surface area contributed by atoms with Crippen LogP contribution in [0.25, 0.3) is 0 Å². The molecule has 1 aliphatic rings. The first-order valence-electron chi connectivity index (χ1n) is 6.46. The molecule has 0 atom stereocenters. The average Bonchev–Trinajstić information content (AvgIpc) is 3.00. The normalized spacial score (nSPS) is 16.2. The van der Waals surface area contributed by atoms with Crippen LogP contribution < -0.4 is 10.6 Å². The van der Waals surface area contributed by atoms with Crippen LogP contribution >= 0.6 is 0 Å². The number of carboxylic acids is 1. The lowest BCUT2D eigenvalue weighted by Gasteiger charge is -2.38. The summed E-state index contributed by atoms with van der Waals surface area (Å²) in [6, 6.07) is -0.296. The van der Waals surface area contributed by atoms with Gasteiger partial charge < -0.3 is 15.7 Å². The Morgan fingerprint density at radius 1 is 1.22 bits per heavy atom. The van der Waals surface area contributed by atoms with E-state index < -0.39 is 16.9 Å². The topological polar surface area (TPSA) is 78.4 Å². The molecule has 0 heterocycles. The second-order valence-corrected chi connectivity index (χ2v) is 6.17. The third kappa shape index (κ3) is 3.62. The molecule has 0 aromatic carbocycles. The molecule has 1 fully saturated rings. The lowest BCUT2D eigenvalue weighted by Crippen LogP contribution is -2.59. The lowest BCUT2D eigenvalue weighted by molar-refractivity contribution is -0.150. The maximum atomic E-state index is 11.7. The molecule has 5 nitrogen and oxygen atoms in total. The van der Waals surface area contributed by atoms with Crippen molar-refractivity contribution >= 4 is 12.0 Å². The second-order valence-electron chi connectivity index (χ2n) is 6.17. The number of nitrogens with one attached hydrogen (secondary N) is 2. The summed E-state index contributed by atoms with van der Waals surface area (Å²) in [7, 11) is 0. The zero-order chi connectivity index (χ0) is 14.0. The molecular weight excluding hydrogens is 232 g/mol. The number of hydrogen-bond donors (Lipinski definition) is 3. The molecule has 3 N–H and O–H groups in total. The minimum absolute atomic E-state index is 0.296. The molecule has 104 valence electrons. The van der Waals surface area contributed by atoms with Crippen LogP contribution in [0, 0.1) is 11.3 Å². The van der Waals surface area contributed by atoms with Gasteiger partial charge in [-0.05, 0) is 40.0 Å². The Labute approximate surface area is 108 Å². The Morgan fingerprint density at radius 3 is 2.22 bits per heavy atom. The van der Waals surface area contributed by atoms with Crippen LogP contribution in [0.5, 0.6) is 0 Å². The molecule has 0 aromatic rings. The highest BCUT2D eigenvalue weighted by Gasteiger charge is 2.44. The standard InChI is InChI=1S/C13H24N2O3/c1-12(2,10(16)17)13(3,4)15-11(18)14-8-7-9-5-6-9/h9H,5-8H2,1-4H3,(H,16,17)(H2,14,15,18). The van der Waals surface area contributed by atoms with Gasteiger partial charge in [0.25, 0.3) is 0 Å². The van der Waals surface area contributed by atoms with E-state index in [9.17, 15) is 14.7 Å². The second kappa shape index (κ2) is 5.16. The number of carbonyl (C=O) groups excluding carboxylic acids is 1. The van der Waals surface area contributed by atoms with Crippen LogP contribution in [0.1, 0.15) is 47.0 Å². The van der Waals surface area contributed by atoms with Gasteiger partial charge in [-0.3, -0.25) is 4.79 Å². The van der Waals surface area contributed by atoms with Gasteiger partial charge in [-0.2, -0.15) is 0 Å². The fraction of sp³-hybridized carbons (Fsp3) is 0.846. The number of amides is 2. The highest BCUT2D eigenvalue weighted by molar-refractivity contribution is 5.79. The molecule has 0 unspecified atom stereocenters. The minimum Gasteiger partial charge on any atom is -0.481 e. The Balaban J connectivity index is 2.42.